The predicted molar refractivity (Wildman–Crippen MR) is 66.0 cm³/mol. The van der Waals surface area contributed by atoms with Crippen molar-refractivity contribution in [2.24, 2.45) is 0 Å². The highest BCUT2D eigenvalue weighted by Gasteiger charge is 2.25. The fourth-order valence-electron chi connectivity index (χ4n) is 2.16. The first kappa shape index (κ1) is 11.8. The monoisotopic (exact) mass is 241 g/mol. The van der Waals surface area contributed by atoms with E-state index >= 15 is 0 Å². The highest BCUT2D eigenvalue weighted by molar-refractivity contribution is 7.15. The van der Waals surface area contributed by atoms with Gasteiger partial charge in [-0.3, -0.25) is 0 Å². The van der Waals surface area contributed by atoms with Crippen LogP contribution in [-0.2, 0) is 11.2 Å². The van der Waals surface area contributed by atoms with E-state index in [0.29, 0.717) is 12.1 Å². The number of methoxy groups -OCH3 is 1. The summed E-state index contributed by atoms with van der Waals surface area (Å²) in [6.07, 6.45) is 6.14. The SMILES string of the molecule is CCc1nnc(NC2CCCCC2OC)s1. The lowest BCUT2D eigenvalue weighted by Crippen LogP contribution is -2.37. The van der Waals surface area contributed by atoms with E-state index < -0.39 is 0 Å². The number of ether oxygens (including phenoxy) is 1. The van der Waals surface area contributed by atoms with Gasteiger partial charge in [0.2, 0.25) is 5.13 Å². The van der Waals surface area contributed by atoms with Crippen LogP contribution in [-0.4, -0.2) is 29.5 Å². The van der Waals surface area contributed by atoms with Gasteiger partial charge in [-0.15, -0.1) is 10.2 Å². The molecule has 1 N–H and O–H groups in total. The number of anilines is 1. The number of rotatable bonds is 4. The van der Waals surface area contributed by atoms with Crippen LogP contribution in [0.5, 0.6) is 0 Å². The van der Waals surface area contributed by atoms with Gasteiger partial charge in [-0.1, -0.05) is 31.1 Å². The lowest BCUT2D eigenvalue weighted by molar-refractivity contribution is 0.0606. The fraction of sp³-hybridized carbons (Fsp3) is 0.818. The van der Waals surface area contributed by atoms with Crippen molar-refractivity contribution in [3.8, 4) is 0 Å². The smallest absolute Gasteiger partial charge is 0.205 e. The standard InChI is InChI=1S/C11H19N3OS/c1-3-10-13-14-11(16-10)12-8-6-4-5-7-9(8)15-2/h8-9H,3-7H2,1-2H3,(H,12,14). The van der Waals surface area contributed by atoms with Crippen molar-refractivity contribution in [1.82, 2.24) is 10.2 Å². The van der Waals surface area contributed by atoms with Crippen LogP contribution in [0.1, 0.15) is 37.6 Å². The van der Waals surface area contributed by atoms with Crippen molar-refractivity contribution >= 4 is 16.5 Å². The Morgan fingerprint density at radius 3 is 2.88 bits per heavy atom. The predicted octanol–water partition coefficient (Wildman–Crippen LogP) is 2.47. The summed E-state index contributed by atoms with van der Waals surface area (Å²) in [4.78, 5) is 0. The second-order valence-electron chi connectivity index (χ2n) is 4.16. The van der Waals surface area contributed by atoms with Crippen molar-refractivity contribution in [2.45, 2.75) is 51.2 Å². The Bertz CT molecular complexity index is 329. The molecule has 0 spiro atoms. The van der Waals surface area contributed by atoms with Crippen LogP contribution < -0.4 is 5.32 Å². The highest BCUT2D eigenvalue weighted by Crippen LogP contribution is 2.25. The van der Waals surface area contributed by atoms with Gasteiger partial charge < -0.3 is 10.1 Å². The summed E-state index contributed by atoms with van der Waals surface area (Å²) in [6.45, 7) is 2.10. The van der Waals surface area contributed by atoms with Crippen molar-refractivity contribution in [1.29, 1.82) is 0 Å². The Kier molecular flexibility index (Phi) is 4.12. The first-order valence-electron chi connectivity index (χ1n) is 5.95. The number of hydrogen-bond donors (Lipinski definition) is 1. The zero-order valence-corrected chi connectivity index (χ0v) is 10.7. The van der Waals surface area contributed by atoms with Gasteiger partial charge >= 0.3 is 0 Å². The minimum Gasteiger partial charge on any atom is -0.379 e. The number of hydrogen-bond acceptors (Lipinski definition) is 5. The molecule has 5 heteroatoms. The van der Waals surface area contributed by atoms with Gasteiger partial charge in [0, 0.05) is 7.11 Å². The maximum absolute atomic E-state index is 5.50. The summed E-state index contributed by atoms with van der Waals surface area (Å²) < 4.78 is 5.50. The lowest BCUT2D eigenvalue weighted by atomic mass is 9.92. The molecule has 16 heavy (non-hydrogen) atoms. The summed E-state index contributed by atoms with van der Waals surface area (Å²) in [5, 5.41) is 13.8. The molecule has 1 aliphatic carbocycles. The molecule has 2 unspecified atom stereocenters. The average molecular weight is 241 g/mol. The molecule has 1 aliphatic rings. The quantitative estimate of drug-likeness (QED) is 0.879. The molecule has 1 heterocycles. The third-order valence-electron chi connectivity index (χ3n) is 3.08. The molecule has 0 bridgehead atoms. The molecule has 2 atom stereocenters. The van der Waals surface area contributed by atoms with Crippen molar-refractivity contribution in [2.75, 3.05) is 12.4 Å². The van der Waals surface area contributed by atoms with E-state index in [1.807, 2.05) is 0 Å². The van der Waals surface area contributed by atoms with E-state index in [4.69, 9.17) is 4.74 Å². The molecule has 90 valence electrons. The molecule has 1 aromatic rings. The number of aromatic nitrogens is 2. The van der Waals surface area contributed by atoms with Crippen molar-refractivity contribution in [3.05, 3.63) is 5.01 Å². The van der Waals surface area contributed by atoms with Crippen LogP contribution in [0.25, 0.3) is 0 Å². The molecule has 1 saturated carbocycles. The fourth-order valence-corrected chi connectivity index (χ4v) is 2.90. The maximum atomic E-state index is 5.50. The second-order valence-corrected chi connectivity index (χ2v) is 5.23. The number of nitrogens with one attached hydrogen (secondary N) is 1. The van der Waals surface area contributed by atoms with Crippen molar-refractivity contribution < 1.29 is 4.74 Å². The molecule has 0 saturated heterocycles. The Morgan fingerprint density at radius 1 is 1.38 bits per heavy atom. The Labute approximate surface area is 100 Å². The molecular formula is C11H19N3OS. The van der Waals surface area contributed by atoms with Crippen LogP contribution >= 0.6 is 11.3 Å². The molecule has 0 aliphatic heterocycles. The Hall–Kier alpha value is -0.680. The van der Waals surface area contributed by atoms with E-state index in [9.17, 15) is 0 Å². The molecule has 2 rings (SSSR count). The molecule has 1 aromatic heterocycles. The van der Waals surface area contributed by atoms with Crippen LogP contribution in [0.2, 0.25) is 0 Å². The summed E-state index contributed by atoms with van der Waals surface area (Å²) in [6, 6.07) is 0.399. The number of nitrogens with zero attached hydrogens (tertiary/aromatic N) is 2. The van der Waals surface area contributed by atoms with Crippen LogP contribution in [0.3, 0.4) is 0 Å². The zero-order valence-electron chi connectivity index (χ0n) is 9.90. The first-order valence-corrected chi connectivity index (χ1v) is 6.77. The maximum Gasteiger partial charge on any atom is 0.205 e. The van der Waals surface area contributed by atoms with Gasteiger partial charge in [-0.05, 0) is 19.3 Å². The van der Waals surface area contributed by atoms with Crippen molar-refractivity contribution in [3.63, 3.8) is 0 Å². The van der Waals surface area contributed by atoms with Gasteiger partial charge in [0.05, 0.1) is 12.1 Å². The molecular weight excluding hydrogens is 222 g/mol. The minimum absolute atomic E-state index is 0.322. The minimum atomic E-state index is 0.322. The van der Waals surface area contributed by atoms with E-state index in [1.54, 1.807) is 18.4 Å². The van der Waals surface area contributed by atoms with Gasteiger partial charge in [-0.2, -0.15) is 0 Å². The van der Waals surface area contributed by atoms with Crippen LogP contribution in [0.4, 0.5) is 5.13 Å². The summed E-state index contributed by atoms with van der Waals surface area (Å²) in [5.41, 5.74) is 0. The third kappa shape index (κ3) is 2.71. The van der Waals surface area contributed by atoms with Gasteiger partial charge in [0.25, 0.3) is 0 Å². The Morgan fingerprint density at radius 2 is 2.19 bits per heavy atom. The Balaban J connectivity index is 1.96. The van der Waals surface area contributed by atoms with E-state index in [2.05, 4.69) is 22.4 Å². The second kappa shape index (κ2) is 5.59. The summed E-state index contributed by atoms with van der Waals surface area (Å²) in [5.74, 6) is 0. The number of aryl methyl sites for hydroxylation is 1. The third-order valence-corrected chi connectivity index (χ3v) is 4.08. The molecule has 0 radical (unpaired) electrons. The van der Waals surface area contributed by atoms with Gasteiger partial charge in [0.1, 0.15) is 5.01 Å². The molecule has 0 amide bonds. The van der Waals surface area contributed by atoms with Crippen LogP contribution in [0.15, 0.2) is 0 Å². The molecule has 1 fully saturated rings. The lowest BCUT2D eigenvalue weighted by Gasteiger charge is -2.30. The average Bonchev–Trinajstić information content (AvgIpc) is 2.77. The molecule has 0 aromatic carbocycles. The zero-order chi connectivity index (χ0) is 11.4. The first-order chi connectivity index (χ1) is 7.83. The summed E-state index contributed by atoms with van der Waals surface area (Å²) >= 11 is 1.65. The van der Waals surface area contributed by atoms with Gasteiger partial charge in [0.15, 0.2) is 0 Å². The molecule has 4 nitrogen and oxygen atoms in total. The van der Waals surface area contributed by atoms with Crippen LogP contribution in [0, 0.1) is 0 Å². The normalized spacial score (nSPS) is 25.6. The van der Waals surface area contributed by atoms with E-state index in [1.165, 1.54) is 19.3 Å². The topological polar surface area (TPSA) is 47.0 Å². The summed E-state index contributed by atoms with van der Waals surface area (Å²) in [7, 11) is 1.79. The van der Waals surface area contributed by atoms with E-state index in [-0.39, 0.29) is 0 Å². The highest BCUT2D eigenvalue weighted by atomic mass is 32.1. The largest absolute Gasteiger partial charge is 0.379 e. The van der Waals surface area contributed by atoms with E-state index in [0.717, 1.165) is 23.0 Å². The van der Waals surface area contributed by atoms with Gasteiger partial charge in [-0.25, -0.2) is 0 Å².